The minimum absolute atomic E-state index is 0.140. The first-order valence-corrected chi connectivity index (χ1v) is 7.84. The molecular weight excluding hydrogens is 307 g/mol. The van der Waals surface area contributed by atoms with Crippen molar-refractivity contribution in [3.8, 4) is 6.07 Å². The lowest BCUT2D eigenvalue weighted by Crippen LogP contribution is -2.38. The van der Waals surface area contributed by atoms with Gasteiger partial charge in [-0.2, -0.15) is 5.26 Å². The third-order valence-corrected chi connectivity index (χ3v) is 4.20. The summed E-state index contributed by atoms with van der Waals surface area (Å²) >= 11 is 0. The van der Waals surface area contributed by atoms with Crippen LogP contribution in [0.3, 0.4) is 0 Å². The molecular formula is C18H17FN4O. The van der Waals surface area contributed by atoms with Crippen LogP contribution < -0.4 is 10.2 Å². The maximum absolute atomic E-state index is 13.6. The van der Waals surface area contributed by atoms with E-state index in [2.05, 4.69) is 15.2 Å². The Morgan fingerprint density at radius 3 is 2.62 bits per heavy atom. The summed E-state index contributed by atoms with van der Waals surface area (Å²) in [5.74, 6) is 0.0961. The standard InChI is InChI=1S/C18H17FN4O/c19-15-3-1-2-4-16(15)22-18(24)14-7-9-23(10-8-14)17-6-5-13(11-20)12-21-17/h1-6,12,14H,7-10H2,(H,22,24). The van der Waals surface area contributed by atoms with Crippen molar-refractivity contribution in [2.75, 3.05) is 23.3 Å². The number of rotatable bonds is 3. The molecule has 2 heterocycles. The molecule has 5 nitrogen and oxygen atoms in total. The van der Waals surface area contributed by atoms with Gasteiger partial charge >= 0.3 is 0 Å². The fourth-order valence-corrected chi connectivity index (χ4v) is 2.81. The summed E-state index contributed by atoms with van der Waals surface area (Å²) in [6, 6.07) is 11.8. The summed E-state index contributed by atoms with van der Waals surface area (Å²) < 4.78 is 13.6. The van der Waals surface area contributed by atoms with Crippen molar-refractivity contribution in [1.29, 1.82) is 5.26 Å². The van der Waals surface area contributed by atoms with Gasteiger partial charge in [0.25, 0.3) is 0 Å². The third kappa shape index (κ3) is 3.51. The van der Waals surface area contributed by atoms with E-state index in [9.17, 15) is 9.18 Å². The van der Waals surface area contributed by atoms with Crippen molar-refractivity contribution in [3.05, 3.63) is 54.0 Å². The van der Waals surface area contributed by atoms with Crippen molar-refractivity contribution < 1.29 is 9.18 Å². The summed E-state index contributed by atoms with van der Waals surface area (Å²) in [5.41, 5.74) is 0.747. The molecule has 1 N–H and O–H groups in total. The van der Waals surface area contributed by atoms with Crippen molar-refractivity contribution >= 4 is 17.4 Å². The predicted octanol–water partition coefficient (Wildman–Crippen LogP) is 2.95. The average molecular weight is 324 g/mol. The lowest BCUT2D eigenvalue weighted by atomic mass is 9.95. The van der Waals surface area contributed by atoms with Gasteiger partial charge in [-0.15, -0.1) is 0 Å². The topological polar surface area (TPSA) is 69.0 Å². The van der Waals surface area contributed by atoms with E-state index in [0.717, 1.165) is 5.82 Å². The van der Waals surface area contributed by atoms with Gasteiger partial charge < -0.3 is 10.2 Å². The number of halogens is 1. The zero-order valence-electron chi connectivity index (χ0n) is 13.1. The van der Waals surface area contributed by atoms with Crippen LogP contribution in [0.1, 0.15) is 18.4 Å². The van der Waals surface area contributed by atoms with Gasteiger partial charge in [-0.1, -0.05) is 12.1 Å². The number of benzene rings is 1. The Morgan fingerprint density at radius 1 is 1.25 bits per heavy atom. The van der Waals surface area contributed by atoms with Gasteiger partial charge in [0, 0.05) is 25.2 Å². The zero-order chi connectivity index (χ0) is 16.9. The molecule has 1 amide bonds. The molecule has 0 spiro atoms. The van der Waals surface area contributed by atoms with Gasteiger partial charge in [-0.3, -0.25) is 4.79 Å². The first-order valence-electron chi connectivity index (χ1n) is 7.84. The minimum atomic E-state index is -0.426. The fraction of sp³-hybridized carbons (Fsp3) is 0.278. The first-order chi connectivity index (χ1) is 11.7. The number of carbonyl (C=O) groups excluding carboxylic acids is 1. The first kappa shape index (κ1) is 15.9. The van der Waals surface area contributed by atoms with Crippen LogP contribution in [-0.4, -0.2) is 24.0 Å². The highest BCUT2D eigenvalue weighted by Gasteiger charge is 2.26. The van der Waals surface area contributed by atoms with E-state index in [1.807, 2.05) is 12.1 Å². The molecule has 0 unspecified atom stereocenters. The largest absolute Gasteiger partial charge is 0.357 e. The molecule has 1 aromatic heterocycles. The van der Waals surface area contributed by atoms with Gasteiger partial charge in [0.1, 0.15) is 17.7 Å². The van der Waals surface area contributed by atoms with Crippen molar-refractivity contribution in [1.82, 2.24) is 4.98 Å². The summed E-state index contributed by atoms with van der Waals surface area (Å²) in [7, 11) is 0. The number of para-hydroxylation sites is 1. The van der Waals surface area contributed by atoms with Crippen LogP contribution in [-0.2, 0) is 4.79 Å². The zero-order valence-corrected chi connectivity index (χ0v) is 13.1. The van der Waals surface area contributed by atoms with Crippen LogP contribution in [0.15, 0.2) is 42.6 Å². The number of nitriles is 1. The highest BCUT2D eigenvalue weighted by atomic mass is 19.1. The SMILES string of the molecule is N#Cc1ccc(N2CCC(C(=O)Nc3ccccc3F)CC2)nc1. The molecule has 0 bridgehead atoms. The van der Waals surface area contributed by atoms with E-state index < -0.39 is 5.82 Å². The Hall–Kier alpha value is -2.94. The molecule has 0 radical (unpaired) electrons. The molecule has 3 rings (SSSR count). The fourth-order valence-electron chi connectivity index (χ4n) is 2.81. The maximum Gasteiger partial charge on any atom is 0.227 e. The van der Waals surface area contributed by atoms with Gasteiger partial charge in [-0.25, -0.2) is 9.37 Å². The molecule has 1 aliphatic rings. The Morgan fingerprint density at radius 2 is 2.00 bits per heavy atom. The molecule has 1 aliphatic heterocycles. The minimum Gasteiger partial charge on any atom is -0.357 e. The Kier molecular flexibility index (Phi) is 4.71. The predicted molar refractivity (Wildman–Crippen MR) is 88.9 cm³/mol. The smallest absolute Gasteiger partial charge is 0.227 e. The monoisotopic (exact) mass is 324 g/mol. The van der Waals surface area contributed by atoms with Crippen molar-refractivity contribution in [2.45, 2.75) is 12.8 Å². The van der Waals surface area contributed by atoms with Gasteiger partial charge in [0.05, 0.1) is 11.3 Å². The summed E-state index contributed by atoms with van der Waals surface area (Å²) in [5, 5.41) is 11.5. The number of pyridine rings is 1. The number of anilines is 2. The average Bonchev–Trinajstić information content (AvgIpc) is 2.64. The van der Waals surface area contributed by atoms with E-state index in [1.165, 1.54) is 6.07 Å². The second-order valence-electron chi connectivity index (χ2n) is 5.75. The van der Waals surface area contributed by atoms with E-state index in [1.54, 1.807) is 30.5 Å². The van der Waals surface area contributed by atoms with Crippen molar-refractivity contribution in [3.63, 3.8) is 0 Å². The second kappa shape index (κ2) is 7.09. The Labute approximate surface area is 139 Å². The van der Waals surface area contributed by atoms with Crippen LogP contribution >= 0.6 is 0 Å². The van der Waals surface area contributed by atoms with Crippen LogP contribution in [0.2, 0.25) is 0 Å². The third-order valence-electron chi connectivity index (χ3n) is 4.20. The lowest BCUT2D eigenvalue weighted by Gasteiger charge is -2.32. The molecule has 2 aromatic rings. The second-order valence-corrected chi connectivity index (χ2v) is 5.75. The Balaban J connectivity index is 1.57. The van der Waals surface area contributed by atoms with E-state index in [-0.39, 0.29) is 17.5 Å². The molecule has 1 fully saturated rings. The molecule has 122 valence electrons. The number of hydrogen-bond acceptors (Lipinski definition) is 4. The van der Waals surface area contributed by atoms with Gasteiger partial charge in [0.15, 0.2) is 0 Å². The number of hydrogen-bond donors (Lipinski definition) is 1. The van der Waals surface area contributed by atoms with Crippen LogP contribution in [0, 0.1) is 23.1 Å². The molecule has 0 atom stereocenters. The highest BCUT2D eigenvalue weighted by Crippen LogP contribution is 2.23. The number of amides is 1. The number of piperidine rings is 1. The summed E-state index contributed by atoms with van der Waals surface area (Å²) in [4.78, 5) is 18.7. The highest BCUT2D eigenvalue weighted by molar-refractivity contribution is 5.92. The maximum atomic E-state index is 13.6. The number of carbonyl (C=O) groups is 1. The van der Waals surface area contributed by atoms with E-state index in [4.69, 9.17) is 5.26 Å². The van der Waals surface area contributed by atoms with Gasteiger partial charge in [-0.05, 0) is 37.1 Å². The number of nitrogens with one attached hydrogen (secondary N) is 1. The van der Waals surface area contributed by atoms with Gasteiger partial charge in [0.2, 0.25) is 5.91 Å². The normalized spacial score (nSPS) is 14.9. The molecule has 24 heavy (non-hydrogen) atoms. The van der Waals surface area contributed by atoms with Crippen molar-refractivity contribution in [2.24, 2.45) is 5.92 Å². The lowest BCUT2D eigenvalue weighted by molar-refractivity contribution is -0.120. The van der Waals surface area contributed by atoms with Crippen LogP contribution in [0.5, 0.6) is 0 Å². The molecule has 6 heteroatoms. The van der Waals surface area contributed by atoms with E-state index >= 15 is 0 Å². The Bertz CT molecular complexity index is 761. The van der Waals surface area contributed by atoms with Crippen LogP contribution in [0.4, 0.5) is 15.9 Å². The van der Waals surface area contributed by atoms with E-state index in [0.29, 0.717) is 31.5 Å². The summed E-state index contributed by atoms with van der Waals surface area (Å²) in [6.07, 6.45) is 2.91. The quantitative estimate of drug-likeness (QED) is 0.942. The number of nitrogens with zero attached hydrogens (tertiary/aromatic N) is 3. The molecule has 1 saturated heterocycles. The number of aromatic nitrogens is 1. The molecule has 1 aromatic carbocycles. The molecule has 0 aliphatic carbocycles. The van der Waals surface area contributed by atoms with Crippen LogP contribution in [0.25, 0.3) is 0 Å². The molecule has 0 saturated carbocycles. The summed E-state index contributed by atoms with van der Waals surface area (Å²) in [6.45, 7) is 1.41.